The molecule has 1 aliphatic carbocycles. The van der Waals surface area contributed by atoms with Crippen molar-refractivity contribution in [1.29, 1.82) is 0 Å². The van der Waals surface area contributed by atoms with Crippen LogP contribution < -0.4 is 5.73 Å². The van der Waals surface area contributed by atoms with Crippen molar-refractivity contribution in [1.82, 2.24) is 0 Å². The van der Waals surface area contributed by atoms with Crippen molar-refractivity contribution in [2.45, 2.75) is 24.5 Å². The number of carbonyl (C=O) groups is 1. The van der Waals surface area contributed by atoms with Gasteiger partial charge in [-0.2, -0.15) is 0 Å². The zero-order valence-electron chi connectivity index (χ0n) is 7.08. The maximum Gasteiger partial charge on any atom is 0.335 e. The van der Waals surface area contributed by atoms with Gasteiger partial charge in [-0.05, 0) is 12.8 Å². The molecular weight excluding hydrogens is 158 g/mol. The van der Waals surface area contributed by atoms with E-state index in [2.05, 4.69) is 4.74 Å². The highest BCUT2D eigenvalue weighted by Gasteiger charge is 2.59. The number of fused-ring (bicyclic) bond motifs is 1. The van der Waals surface area contributed by atoms with Gasteiger partial charge in [-0.3, -0.25) is 0 Å². The van der Waals surface area contributed by atoms with E-state index in [1.807, 2.05) is 0 Å². The van der Waals surface area contributed by atoms with E-state index < -0.39 is 0 Å². The Balaban J connectivity index is 2.02. The van der Waals surface area contributed by atoms with Crippen LogP contribution in [0, 0.1) is 5.92 Å². The third-order valence-electron chi connectivity index (χ3n) is 2.88. The molecule has 3 fully saturated rings. The zero-order chi connectivity index (χ0) is 8.77. The fraction of sp³-hybridized carbons (Fsp3) is 0.875. The number of ether oxygens (including phenoxy) is 2. The van der Waals surface area contributed by atoms with Crippen molar-refractivity contribution in [3.63, 3.8) is 0 Å². The van der Waals surface area contributed by atoms with Crippen LogP contribution in [0.4, 0.5) is 0 Å². The maximum atomic E-state index is 11.1. The Kier molecular flexibility index (Phi) is 1.63. The fourth-order valence-corrected chi connectivity index (χ4v) is 2.14. The third-order valence-corrected chi connectivity index (χ3v) is 2.88. The van der Waals surface area contributed by atoms with E-state index >= 15 is 0 Å². The van der Waals surface area contributed by atoms with E-state index in [0.717, 1.165) is 12.8 Å². The molecule has 0 radical (unpaired) electrons. The molecule has 0 aromatic rings. The first kappa shape index (κ1) is 8.01. The highest BCUT2D eigenvalue weighted by atomic mass is 16.6. The highest BCUT2D eigenvalue weighted by Crippen LogP contribution is 2.51. The van der Waals surface area contributed by atoms with Gasteiger partial charge in [-0.25, -0.2) is 4.79 Å². The van der Waals surface area contributed by atoms with Gasteiger partial charge in [0.25, 0.3) is 0 Å². The number of hydrogen-bond acceptors (Lipinski definition) is 4. The number of esters is 1. The first-order valence-corrected chi connectivity index (χ1v) is 4.16. The van der Waals surface area contributed by atoms with Crippen LogP contribution in [0.3, 0.4) is 0 Å². The summed E-state index contributed by atoms with van der Waals surface area (Å²) in [6.45, 7) is 0.511. The molecule has 1 unspecified atom stereocenters. The van der Waals surface area contributed by atoms with E-state index in [4.69, 9.17) is 10.5 Å². The molecular formula is C8H13NO3. The summed E-state index contributed by atoms with van der Waals surface area (Å²) in [4.78, 5) is 11.1. The molecule has 3 aliphatic rings. The van der Waals surface area contributed by atoms with E-state index in [1.54, 1.807) is 0 Å². The van der Waals surface area contributed by atoms with Crippen LogP contribution in [-0.4, -0.2) is 31.3 Å². The molecule has 2 N–H and O–H groups in total. The first-order valence-electron chi connectivity index (χ1n) is 4.16. The van der Waals surface area contributed by atoms with Gasteiger partial charge >= 0.3 is 5.97 Å². The van der Waals surface area contributed by atoms with Crippen molar-refractivity contribution >= 4 is 5.97 Å². The molecule has 1 saturated carbocycles. The molecule has 2 heterocycles. The Morgan fingerprint density at radius 3 is 2.83 bits per heavy atom. The predicted octanol–water partition coefficient (Wildman–Crippen LogP) is -0.334. The molecule has 0 aromatic heterocycles. The van der Waals surface area contributed by atoms with Crippen LogP contribution in [0.2, 0.25) is 0 Å². The second-order valence-electron chi connectivity index (χ2n) is 3.62. The van der Waals surface area contributed by atoms with Crippen LogP contribution in [0.1, 0.15) is 12.8 Å². The van der Waals surface area contributed by atoms with Crippen molar-refractivity contribution in [2.24, 2.45) is 11.7 Å². The third kappa shape index (κ3) is 0.881. The molecule has 68 valence electrons. The lowest BCUT2D eigenvalue weighted by molar-refractivity contribution is -0.153. The Hall–Kier alpha value is -0.610. The average molecular weight is 171 g/mol. The summed E-state index contributed by atoms with van der Waals surface area (Å²) in [5, 5.41) is 0. The standard InChI is InChI=1S/C8H13NO3/c1-11-7(10)6-5-2-8(3-5,4-9)12-6/h5-6H,2-4,9H2,1H3. The monoisotopic (exact) mass is 171 g/mol. The summed E-state index contributed by atoms with van der Waals surface area (Å²) < 4.78 is 10.1. The van der Waals surface area contributed by atoms with Crippen molar-refractivity contribution < 1.29 is 14.3 Å². The number of methoxy groups -OCH3 is 1. The Bertz CT molecular complexity index is 210. The summed E-state index contributed by atoms with van der Waals surface area (Å²) in [5.41, 5.74) is 5.34. The Morgan fingerprint density at radius 1 is 1.75 bits per heavy atom. The van der Waals surface area contributed by atoms with Crippen LogP contribution in [-0.2, 0) is 14.3 Å². The van der Waals surface area contributed by atoms with Gasteiger partial charge in [0.05, 0.1) is 12.7 Å². The summed E-state index contributed by atoms with van der Waals surface area (Å²) in [6.07, 6.45) is 1.49. The number of rotatable bonds is 2. The minimum Gasteiger partial charge on any atom is -0.467 e. The van der Waals surface area contributed by atoms with Gasteiger partial charge < -0.3 is 15.2 Å². The fourth-order valence-electron chi connectivity index (χ4n) is 2.14. The molecule has 12 heavy (non-hydrogen) atoms. The normalized spacial score (nSPS) is 43.8. The van der Waals surface area contributed by atoms with Crippen molar-refractivity contribution in [3.8, 4) is 0 Å². The van der Waals surface area contributed by atoms with Crippen LogP contribution >= 0.6 is 0 Å². The molecule has 2 aliphatic heterocycles. The van der Waals surface area contributed by atoms with Gasteiger partial charge in [-0.1, -0.05) is 0 Å². The highest BCUT2D eigenvalue weighted by molar-refractivity contribution is 5.76. The first-order chi connectivity index (χ1) is 5.71. The number of carbonyl (C=O) groups excluding carboxylic acids is 1. The minimum atomic E-state index is -0.349. The molecule has 2 bridgehead atoms. The van der Waals surface area contributed by atoms with Gasteiger partial charge in [0.15, 0.2) is 6.10 Å². The lowest BCUT2D eigenvalue weighted by Gasteiger charge is -2.33. The van der Waals surface area contributed by atoms with Gasteiger partial charge in [-0.15, -0.1) is 0 Å². The maximum absolute atomic E-state index is 11.1. The quantitative estimate of drug-likeness (QED) is 0.578. The van der Waals surface area contributed by atoms with Crippen LogP contribution in [0.15, 0.2) is 0 Å². The van der Waals surface area contributed by atoms with Gasteiger partial charge in [0.1, 0.15) is 0 Å². The minimum absolute atomic E-state index is 0.191. The summed E-state index contributed by atoms with van der Waals surface area (Å²) in [6, 6.07) is 0. The Morgan fingerprint density at radius 2 is 2.42 bits per heavy atom. The molecule has 0 aromatic carbocycles. The summed E-state index contributed by atoms with van der Waals surface area (Å²) in [7, 11) is 1.39. The smallest absolute Gasteiger partial charge is 0.335 e. The Labute approximate surface area is 71.0 Å². The van der Waals surface area contributed by atoms with Gasteiger partial charge in [0, 0.05) is 12.5 Å². The van der Waals surface area contributed by atoms with Crippen LogP contribution in [0.5, 0.6) is 0 Å². The predicted molar refractivity (Wildman–Crippen MR) is 41.4 cm³/mol. The second-order valence-corrected chi connectivity index (χ2v) is 3.62. The lowest BCUT2D eigenvalue weighted by atomic mass is 9.72. The summed E-state index contributed by atoms with van der Waals surface area (Å²) >= 11 is 0. The van der Waals surface area contributed by atoms with E-state index in [1.165, 1.54) is 7.11 Å². The second kappa shape index (κ2) is 2.44. The molecule has 0 amide bonds. The molecule has 0 spiro atoms. The average Bonchev–Trinajstić information content (AvgIpc) is 2.56. The van der Waals surface area contributed by atoms with Gasteiger partial charge in [0.2, 0.25) is 0 Å². The van der Waals surface area contributed by atoms with Crippen molar-refractivity contribution in [3.05, 3.63) is 0 Å². The molecule has 1 atom stereocenters. The van der Waals surface area contributed by atoms with E-state index in [-0.39, 0.29) is 17.7 Å². The number of nitrogens with two attached hydrogens (primary N) is 1. The SMILES string of the molecule is COC(=O)C1OC2(CN)CC1C2. The van der Waals surface area contributed by atoms with Crippen LogP contribution in [0.25, 0.3) is 0 Å². The largest absolute Gasteiger partial charge is 0.467 e. The summed E-state index contributed by atoms with van der Waals surface area (Å²) in [5.74, 6) is 0.0915. The molecule has 4 heteroatoms. The lowest BCUT2D eigenvalue weighted by Crippen LogP contribution is -2.43. The zero-order valence-corrected chi connectivity index (χ0v) is 7.08. The molecule has 3 rings (SSSR count). The molecule has 4 nitrogen and oxygen atoms in total. The number of hydrogen-bond donors (Lipinski definition) is 1. The van der Waals surface area contributed by atoms with Crippen molar-refractivity contribution in [2.75, 3.05) is 13.7 Å². The van der Waals surface area contributed by atoms with E-state index in [9.17, 15) is 4.79 Å². The topological polar surface area (TPSA) is 61.5 Å². The molecule has 2 saturated heterocycles. The van der Waals surface area contributed by atoms with E-state index in [0.29, 0.717) is 12.5 Å².